The molecule has 3 aromatic rings. The summed E-state index contributed by atoms with van der Waals surface area (Å²) in [7, 11) is 0. The molecule has 0 saturated carbocycles. The van der Waals surface area contributed by atoms with Gasteiger partial charge in [-0.2, -0.15) is 0 Å². The van der Waals surface area contributed by atoms with Crippen molar-refractivity contribution < 1.29 is 4.79 Å². The second kappa shape index (κ2) is 7.28. The lowest BCUT2D eigenvalue weighted by Crippen LogP contribution is -2.24. The van der Waals surface area contributed by atoms with Gasteiger partial charge in [0.2, 0.25) is 0 Å². The maximum Gasteiger partial charge on any atom is 0.271 e. The molecule has 0 bridgehead atoms. The van der Waals surface area contributed by atoms with Crippen LogP contribution in [0.2, 0.25) is 0 Å². The maximum atomic E-state index is 11.9. The van der Waals surface area contributed by atoms with Gasteiger partial charge in [0.15, 0.2) is 0 Å². The van der Waals surface area contributed by atoms with Gasteiger partial charge < -0.3 is 9.88 Å². The van der Waals surface area contributed by atoms with Crippen molar-refractivity contribution in [1.29, 1.82) is 0 Å². The average molecular weight is 321 g/mol. The summed E-state index contributed by atoms with van der Waals surface area (Å²) in [4.78, 5) is 35.7. The van der Waals surface area contributed by atoms with E-state index in [1.165, 1.54) is 24.7 Å². The van der Waals surface area contributed by atoms with Crippen molar-refractivity contribution in [2.24, 2.45) is 0 Å². The number of pyridine rings is 2. The summed E-state index contributed by atoms with van der Waals surface area (Å²) in [5, 5.41) is 2.76. The molecule has 0 aliphatic rings. The van der Waals surface area contributed by atoms with Crippen LogP contribution in [-0.2, 0) is 13.1 Å². The number of rotatable bonds is 5. The number of carbonyl (C=O) groups excluding carboxylic acids is 1. The highest BCUT2D eigenvalue weighted by molar-refractivity contribution is 5.91. The average Bonchev–Trinajstić information content (AvgIpc) is 2.63. The molecule has 3 heterocycles. The Kier molecular flexibility index (Phi) is 4.71. The van der Waals surface area contributed by atoms with Crippen LogP contribution in [0.4, 0.5) is 0 Å². The van der Waals surface area contributed by atoms with Crippen LogP contribution in [0.5, 0.6) is 0 Å². The predicted molar refractivity (Wildman–Crippen MR) is 87.2 cm³/mol. The molecule has 0 saturated heterocycles. The Labute approximate surface area is 138 Å². The molecule has 24 heavy (non-hydrogen) atoms. The zero-order valence-electron chi connectivity index (χ0n) is 12.8. The van der Waals surface area contributed by atoms with Crippen LogP contribution in [0.15, 0.2) is 66.1 Å². The third-order valence-electron chi connectivity index (χ3n) is 3.37. The van der Waals surface area contributed by atoms with Gasteiger partial charge in [0, 0.05) is 37.4 Å². The zero-order chi connectivity index (χ0) is 16.8. The number of carbonyl (C=O) groups is 1. The normalized spacial score (nSPS) is 10.3. The third kappa shape index (κ3) is 3.89. The van der Waals surface area contributed by atoms with E-state index >= 15 is 0 Å². The minimum Gasteiger partial charge on any atom is -0.347 e. The van der Waals surface area contributed by atoms with Crippen LogP contribution in [0.3, 0.4) is 0 Å². The van der Waals surface area contributed by atoms with Crippen LogP contribution < -0.4 is 10.9 Å². The number of amides is 1. The first-order valence-corrected chi connectivity index (χ1v) is 7.36. The van der Waals surface area contributed by atoms with Crippen molar-refractivity contribution in [3.63, 3.8) is 0 Å². The Morgan fingerprint density at radius 3 is 2.71 bits per heavy atom. The lowest BCUT2D eigenvalue weighted by Gasteiger charge is -2.07. The van der Waals surface area contributed by atoms with E-state index in [-0.39, 0.29) is 17.2 Å². The molecule has 3 aromatic heterocycles. The van der Waals surface area contributed by atoms with Crippen LogP contribution in [0, 0.1) is 0 Å². The molecule has 1 amide bonds. The molecule has 0 atom stereocenters. The number of nitrogens with one attached hydrogen (secondary N) is 1. The van der Waals surface area contributed by atoms with Crippen molar-refractivity contribution >= 4 is 5.91 Å². The first kappa shape index (κ1) is 15.5. The monoisotopic (exact) mass is 321 g/mol. The third-order valence-corrected chi connectivity index (χ3v) is 3.37. The maximum absolute atomic E-state index is 11.9. The van der Waals surface area contributed by atoms with Gasteiger partial charge in [-0.1, -0.05) is 12.1 Å². The summed E-state index contributed by atoms with van der Waals surface area (Å²) >= 11 is 0. The first-order chi connectivity index (χ1) is 11.7. The molecule has 0 aromatic carbocycles. The Morgan fingerprint density at radius 1 is 1.08 bits per heavy atom. The zero-order valence-corrected chi connectivity index (χ0v) is 12.8. The van der Waals surface area contributed by atoms with Crippen molar-refractivity contribution in [3.8, 4) is 0 Å². The van der Waals surface area contributed by atoms with E-state index in [1.54, 1.807) is 29.1 Å². The largest absolute Gasteiger partial charge is 0.347 e. The molecule has 0 spiro atoms. The first-order valence-electron chi connectivity index (χ1n) is 7.36. The van der Waals surface area contributed by atoms with Gasteiger partial charge in [-0.3, -0.25) is 19.6 Å². The Hall–Kier alpha value is -3.35. The lowest BCUT2D eigenvalue weighted by atomic mass is 10.2. The fourth-order valence-corrected chi connectivity index (χ4v) is 2.11. The van der Waals surface area contributed by atoms with Crippen molar-refractivity contribution in [3.05, 3.63) is 88.6 Å². The molecule has 0 radical (unpaired) electrons. The summed E-state index contributed by atoms with van der Waals surface area (Å²) in [6.07, 6.45) is 7.79. The second-order valence-corrected chi connectivity index (χ2v) is 5.10. The molecule has 120 valence electrons. The van der Waals surface area contributed by atoms with E-state index < -0.39 is 0 Å². The van der Waals surface area contributed by atoms with Crippen molar-refractivity contribution in [2.75, 3.05) is 0 Å². The van der Waals surface area contributed by atoms with Gasteiger partial charge in [0.1, 0.15) is 5.69 Å². The summed E-state index contributed by atoms with van der Waals surface area (Å²) < 4.78 is 1.58. The van der Waals surface area contributed by atoms with Gasteiger partial charge in [-0.25, -0.2) is 4.98 Å². The second-order valence-electron chi connectivity index (χ2n) is 5.10. The summed E-state index contributed by atoms with van der Waals surface area (Å²) in [6.45, 7) is 0.750. The molecule has 0 aliphatic carbocycles. The van der Waals surface area contributed by atoms with E-state index in [0.29, 0.717) is 13.1 Å². The Balaban J connectivity index is 1.60. The minimum atomic E-state index is -0.289. The highest BCUT2D eigenvalue weighted by atomic mass is 16.2. The molecular formula is C17H15N5O2. The van der Waals surface area contributed by atoms with Crippen molar-refractivity contribution in [1.82, 2.24) is 24.8 Å². The minimum absolute atomic E-state index is 0.0698. The molecule has 0 fully saturated rings. The smallest absolute Gasteiger partial charge is 0.271 e. The highest BCUT2D eigenvalue weighted by Gasteiger charge is 2.06. The fraction of sp³-hybridized carbons (Fsp3) is 0.118. The molecule has 1 N–H and O–H groups in total. The van der Waals surface area contributed by atoms with E-state index in [2.05, 4.69) is 20.3 Å². The van der Waals surface area contributed by atoms with Crippen LogP contribution in [0.1, 0.15) is 21.7 Å². The number of nitrogens with zero attached hydrogens (tertiary/aromatic N) is 4. The molecule has 0 aliphatic heterocycles. The summed E-state index contributed by atoms with van der Waals surface area (Å²) in [6, 6.07) is 8.72. The quantitative estimate of drug-likeness (QED) is 0.757. The van der Waals surface area contributed by atoms with Crippen LogP contribution in [0.25, 0.3) is 0 Å². The SMILES string of the molecule is O=C(NCc1ccc(Cn2ccccc2=O)nc1)c1cnccn1. The van der Waals surface area contributed by atoms with E-state index in [4.69, 9.17) is 0 Å². The predicted octanol–water partition coefficient (Wildman–Crippen LogP) is 1.01. The molecule has 3 rings (SSSR count). The molecule has 7 nitrogen and oxygen atoms in total. The van der Waals surface area contributed by atoms with Gasteiger partial charge in [-0.05, 0) is 17.7 Å². The molecule has 0 unspecified atom stereocenters. The molecular weight excluding hydrogens is 306 g/mol. The standard InChI is InChI=1S/C17H15N5O2/c23-16-3-1-2-8-22(16)12-14-5-4-13(9-20-14)10-21-17(24)15-11-18-6-7-19-15/h1-9,11H,10,12H2,(H,21,24). The highest BCUT2D eigenvalue weighted by Crippen LogP contribution is 2.02. The van der Waals surface area contributed by atoms with E-state index in [1.807, 2.05) is 12.1 Å². The van der Waals surface area contributed by atoms with Crippen LogP contribution >= 0.6 is 0 Å². The summed E-state index contributed by atoms with van der Waals surface area (Å²) in [5.41, 5.74) is 1.83. The van der Waals surface area contributed by atoms with Gasteiger partial charge in [0.25, 0.3) is 11.5 Å². The summed E-state index contributed by atoms with van der Waals surface area (Å²) in [5.74, 6) is -0.289. The number of hydrogen-bond acceptors (Lipinski definition) is 5. The van der Waals surface area contributed by atoms with Crippen LogP contribution in [-0.4, -0.2) is 25.4 Å². The fourth-order valence-electron chi connectivity index (χ4n) is 2.11. The van der Waals surface area contributed by atoms with Gasteiger partial charge in [-0.15, -0.1) is 0 Å². The van der Waals surface area contributed by atoms with Gasteiger partial charge in [0.05, 0.1) is 18.4 Å². The topological polar surface area (TPSA) is 89.8 Å². The Morgan fingerprint density at radius 2 is 2.00 bits per heavy atom. The molecule has 7 heteroatoms. The lowest BCUT2D eigenvalue weighted by molar-refractivity contribution is 0.0945. The Bertz CT molecular complexity index is 875. The number of aromatic nitrogens is 4. The van der Waals surface area contributed by atoms with E-state index in [9.17, 15) is 9.59 Å². The van der Waals surface area contributed by atoms with Crippen molar-refractivity contribution in [2.45, 2.75) is 13.1 Å². The van der Waals surface area contributed by atoms with E-state index in [0.717, 1.165) is 11.3 Å². The van der Waals surface area contributed by atoms with Gasteiger partial charge >= 0.3 is 0 Å². The number of hydrogen-bond donors (Lipinski definition) is 1.